The molecular formula is C11H7Br2N5. The van der Waals surface area contributed by atoms with Crippen LogP contribution in [0.15, 0.2) is 39.7 Å². The van der Waals surface area contributed by atoms with Crippen molar-refractivity contribution in [2.75, 3.05) is 5.73 Å². The van der Waals surface area contributed by atoms with E-state index in [2.05, 4.69) is 46.9 Å². The summed E-state index contributed by atoms with van der Waals surface area (Å²) in [5.41, 5.74) is 8.13. The summed E-state index contributed by atoms with van der Waals surface area (Å²) < 4.78 is 3.33. The van der Waals surface area contributed by atoms with Crippen LogP contribution >= 0.6 is 31.9 Å². The van der Waals surface area contributed by atoms with E-state index < -0.39 is 0 Å². The molecule has 0 atom stereocenters. The van der Waals surface area contributed by atoms with Crippen molar-refractivity contribution in [3.8, 4) is 5.69 Å². The first-order chi connectivity index (χ1) is 8.65. The van der Waals surface area contributed by atoms with Gasteiger partial charge in [-0.2, -0.15) is 0 Å². The van der Waals surface area contributed by atoms with Gasteiger partial charge in [-0.3, -0.25) is 9.97 Å². The average molecular weight is 369 g/mol. The number of pyridine rings is 2. The third-order valence-electron chi connectivity index (χ3n) is 2.47. The van der Waals surface area contributed by atoms with E-state index in [1.165, 1.54) is 0 Å². The van der Waals surface area contributed by atoms with Gasteiger partial charge in [0.1, 0.15) is 5.52 Å². The molecule has 2 N–H and O–H groups in total. The number of halogens is 2. The lowest BCUT2D eigenvalue weighted by atomic mass is 10.3. The van der Waals surface area contributed by atoms with E-state index in [0.29, 0.717) is 5.82 Å². The smallest absolute Gasteiger partial charge is 0.160 e. The molecule has 0 saturated carbocycles. The molecule has 18 heavy (non-hydrogen) atoms. The summed E-state index contributed by atoms with van der Waals surface area (Å²) in [7, 11) is 0. The zero-order valence-electron chi connectivity index (χ0n) is 9.01. The molecule has 3 heterocycles. The molecule has 0 amide bonds. The summed E-state index contributed by atoms with van der Waals surface area (Å²) in [4.78, 5) is 8.65. The molecule has 90 valence electrons. The fourth-order valence-electron chi connectivity index (χ4n) is 1.67. The van der Waals surface area contributed by atoms with Gasteiger partial charge in [-0.25, -0.2) is 4.68 Å². The zero-order valence-corrected chi connectivity index (χ0v) is 12.2. The van der Waals surface area contributed by atoms with Crippen molar-refractivity contribution in [3.63, 3.8) is 0 Å². The van der Waals surface area contributed by atoms with E-state index in [1.54, 1.807) is 23.3 Å². The molecule has 0 aromatic carbocycles. The monoisotopic (exact) mass is 367 g/mol. The Morgan fingerprint density at radius 1 is 1.22 bits per heavy atom. The SMILES string of the molecule is Nc1nn(-c2ccnc3cc(Br)cnc23)cc1Br. The van der Waals surface area contributed by atoms with E-state index in [1.807, 2.05) is 12.1 Å². The van der Waals surface area contributed by atoms with E-state index in [-0.39, 0.29) is 0 Å². The molecule has 0 bridgehead atoms. The molecule has 7 heteroatoms. The van der Waals surface area contributed by atoms with Crippen LogP contribution in [0.4, 0.5) is 5.82 Å². The summed E-state index contributed by atoms with van der Waals surface area (Å²) in [6.07, 6.45) is 5.25. The Kier molecular flexibility index (Phi) is 2.79. The van der Waals surface area contributed by atoms with Crippen molar-refractivity contribution < 1.29 is 0 Å². The maximum atomic E-state index is 5.72. The Bertz CT molecular complexity index is 718. The number of aromatic nitrogens is 4. The molecule has 0 radical (unpaired) electrons. The van der Waals surface area contributed by atoms with E-state index in [9.17, 15) is 0 Å². The number of nitrogens with zero attached hydrogens (tertiary/aromatic N) is 4. The molecule has 0 saturated heterocycles. The van der Waals surface area contributed by atoms with Gasteiger partial charge in [0.15, 0.2) is 5.82 Å². The summed E-state index contributed by atoms with van der Waals surface area (Å²) in [6.45, 7) is 0. The second kappa shape index (κ2) is 4.33. The number of rotatable bonds is 1. The lowest BCUT2D eigenvalue weighted by Crippen LogP contribution is -1.99. The fraction of sp³-hybridized carbons (Fsp3) is 0. The highest BCUT2D eigenvalue weighted by atomic mass is 79.9. The number of nitrogen functional groups attached to an aromatic ring is 1. The molecule has 3 rings (SSSR count). The minimum atomic E-state index is 0.442. The summed E-state index contributed by atoms with van der Waals surface area (Å²) in [6, 6.07) is 3.76. The van der Waals surface area contributed by atoms with E-state index in [4.69, 9.17) is 5.73 Å². The fourth-order valence-corrected chi connectivity index (χ4v) is 2.26. The Morgan fingerprint density at radius 2 is 2.06 bits per heavy atom. The first kappa shape index (κ1) is 11.6. The molecule has 0 unspecified atom stereocenters. The molecule has 3 aromatic rings. The third-order valence-corrected chi connectivity index (χ3v) is 3.51. The van der Waals surface area contributed by atoms with Gasteiger partial charge in [0, 0.05) is 23.1 Å². The van der Waals surface area contributed by atoms with Gasteiger partial charge in [0.05, 0.1) is 15.7 Å². The maximum absolute atomic E-state index is 5.72. The number of anilines is 1. The number of fused-ring (bicyclic) bond motifs is 1. The first-order valence-electron chi connectivity index (χ1n) is 5.06. The maximum Gasteiger partial charge on any atom is 0.160 e. The Hall–Kier alpha value is -1.47. The normalized spacial score (nSPS) is 11.0. The van der Waals surface area contributed by atoms with Crippen LogP contribution in [0.25, 0.3) is 16.7 Å². The number of nitrogens with two attached hydrogens (primary N) is 1. The van der Waals surface area contributed by atoms with Crippen LogP contribution in [0.1, 0.15) is 0 Å². The first-order valence-corrected chi connectivity index (χ1v) is 6.65. The quantitative estimate of drug-likeness (QED) is 0.716. The summed E-state index contributed by atoms with van der Waals surface area (Å²) in [5, 5.41) is 4.22. The van der Waals surface area contributed by atoms with Gasteiger partial charge in [-0.15, -0.1) is 5.10 Å². The molecule has 3 aromatic heterocycles. The van der Waals surface area contributed by atoms with Crippen LogP contribution in [0.3, 0.4) is 0 Å². The van der Waals surface area contributed by atoms with E-state index in [0.717, 1.165) is 25.7 Å². The van der Waals surface area contributed by atoms with Gasteiger partial charge in [0.25, 0.3) is 0 Å². The molecule has 0 aliphatic carbocycles. The van der Waals surface area contributed by atoms with Gasteiger partial charge < -0.3 is 5.73 Å². The minimum absolute atomic E-state index is 0.442. The highest BCUT2D eigenvalue weighted by Crippen LogP contribution is 2.24. The van der Waals surface area contributed by atoms with Crippen molar-refractivity contribution in [1.29, 1.82) is 0 Å². The standard InChI is InChI=1S/C11H7Br2N5/c12-6-3-8-10(16-4-6)9(1-2-15-8)18-5-7(13)11(14)17-18/h1-5H,(H2,14,17). The predicted molar refractivity (Wildman–Crippen MR) is 76.5 cm³/mol. The van der Waals surface area contributed by atoms with Crippen LogP contribution in [0, 0.1) is 0 Å². The van der Waals surface area contributed by atoms with Crippen LogP contribution in [0.2, 0.25) is 0 Å². The molecular weight excluding hydrogens is 362 g/mol. The van der Waals surface area contributed by atoms with Crippen LogP contribution < -0.4 is 5.73 Å². The molecule has 0 spiro atoms. The van der Waals surface area contributed by atoms with Crippen LogP contribution in [-0.2, 0) is 0 Å². The lowest BCUT2D eigenvalue weighted by Gasteiger charge is -2.04. The topological polar surface area (TPSA) is 69.6 Å². The largest absolute Gasteiger partial charge is 0.381 e. The molecule has 0 aliphatic heterocycles. The van der Waals surface area contributed by atoms with Crippen molar-refractivity contribution in [2.24, 2.45) is 0 Å². The molecule has 0 fully saturated rings. The van der Waals surface area contributed by atoms with Crippen molar-refractivity contribution in [3.05, 3.63) is 39.7 Å². The molecule has 5 nitrogen and oxygen atoms in total. The predicted octanol–water partition coefficient (Wildman–Crippen LogP) is 2.92. The number of hydrogen-bond acceptors (Lipinski definition) is 4. The van der Waals surface area contributed by atoms with Crippen LogP contribution in [-0.4, -0.2) is 19.7 Å². The second-order valence-corrected chi connectivity index (χ2v) is 5.43. The van der Waals surface area contributed by atoms with E-state index >= 15 is 0 Å². The summed E-state index contributed by atoms with van der Waals surface area (Å²) in [5.74, 6) is 0.442. The zero-order chi connectivity index (χ0) is 12.7. The highest BCUT2D eigenvalue weighted by molar-refractivity contribution is 9.10. The van der Waals surface area contributed by atoms with Gasteiger partial charge >= 0.3 is 0 Å². The highest BCUT2D eigenvalue weighted by Gasteiger charge is 2.09. The average Bonchev–Trinajstić information content (AvgIpc) is 2.68. The van der Waals surface area contributed by atoms with Crippen molar-refractivity contribution >= 4 is 48.7 Å². The Balaban J connectivity index is 2.29. The van der Waals surface area contributed by atoms with Crippen molar-refractivity contribution in [1.82, 2.24) is 19.7 Å². The van der Waals surface area contributed by atoms with Crippen LogP contribution in [0.5, 0.6) is 0 Å². The lowest BCUT2D eigenvalue weighted by molar-refractivity contribution is 0.888. The van der Waals surface area contributed by atoms with Crippen molar-refractivity contribution in [2.45, 2.75) is 0 Å². The minimum Gasteiger partial charge on any atom is -0.381 e. The number of hydrogen-bond donors (Lipinski definition) is 1. The van der Waals surface area contributed by atoms with Gasteiger partial charge in [-0.1, -0.05) is 0 Å². The van der Waals surface area contributed by atoms with Gasteiger partial charge in [-0.05, 0) is 44.0 Å². The third kappa shape index (κ3) is 1.89. The second-order valence-electron chi connectivity index (χ2n) is 3.66. The summed E-state index contributed by atoms with van der Waals surface area (Å²) >= 11 is 6.71. The Labute approximate surface area is 119 Å². The Morgan fingerprint density at radius 3 is 2.78 bits per heavy atom. The van der Waals surface area contributed by atoms with Gasteiger partial charge in [0.2, 0.25) is 0 Å². The molecule has 0 aliphatic rings.